The highest BCUT2D eigenvalue weighted by Gasteiger charge is 2.33. The van der Waals surface area contributed by atoms with Crippen LogP contribution in [0, 0.1) is 25.7 Å². The van der Waals surface area contributed by atoms with E-state index in [-0.39, 0.29) is 17.7 Å². The number of anilines is 1. The zero-order valence-corrected chi connectivity index (χ0v) is 25.9. The van der Waals surface area contributed by atoms with Crippen molar-refractivity contribution in [1.82, 2.24) is 9.80 Å². The van der Waals surface area contributed by atoms with Crippen molar-refractivity contribution in [2.24, 2.45) is 22.0 Å². The Kier molecular flexibility index (Phi) is 12.5. The van der Waals surface area contributed by atoms with Crippen LogP contribution in [0.1, 0.15) is 90.6 Å². The third-order valence-corrected chi connectivity index (χ3v) is 7.81. The maximum atomic E-state index is 13.3. The standard InChI is InChI=1S/C34H47N5O3/c1-24(2)10-9-13-32(37-35-5)39(29-15-16-29)22-27(21-33(41)36-31-17-14-25(3)20-26(31)4)18-19-38(6)34(42)30-12-8-7-11-28(30)23-40/h7-8,11-12,14,17,20,23-24,27,29H,5,9-10,13,15-16,18-19,21-22H2,1-4,6H3,(H,36,41)/b37-32+. The van der Waals surface area contributed by atoms with E-state index in [0.717, 1.165) is 54.8 Å². The van der Waals surface area contributed by atoms with E-state index in [1.807, 2.05) is 26.0 Å². The number of aryl methyl sites for hydroxylation is 2. The summed E-state index contributed by atoms with van der Waals surface area (Å²) in [6, 6.07) is 13.2. The monoisotopic (exact) mass is 573 g/mol. The lowest BCUT2D eigenvalue weighted by molar-refractivity contribution is -0.117. The first-order chi connectivity index (χ1) is 20.1. The SMILES string of the molecule is C=N/N=C(\CCCC(C)C)N(CC(CCN(C)C(=O)c1ccccc1C=O)CC(=O)Nc1ccc(C)cc1C)C1CC1. The molecule has 226 valence electrons. The fourth-order valence-electron chi connectivity index (χ4n) is 5.28. The number of amides is 2. The maximum absolute atomic E-state index is 13.3. The van der Waals surface area contributed by atoms with Gasteiger partial charge in [0.2, 0.25) is 5.91 Å². The van der Waals surface area contributed by atoms with E-state index in [0.29, 0.717) is 55.3 Å². The number of rotatable bonds is 16. The Labute approximate surface area is 251 Å². The number of benzene rings is 2. The molecule has 0 aliphatic heterocycles. The van der Waals surface area contributed by atoms with Gasteiger partial charge in [0.25, 0.3) is 5.91 Å². The van der Waals surface area contributed by atoms with Gasteiger partial charge in [-0.05, 0) is 69.1 Å². The van der Waals surface area contributed by atoms with E-state index >= 15 is 0 Å². The maximum Gasteiger partial charge on any atom is 0.254 e. The van der Waals surface area contributed by atoms with Crippen molar-refractivity contribution in [2.45, 2.75) is 78.7 Å². The molecule has 1 aliphatic carbocycles. The largest absolute Gasteiger partial charge is 0.355 e. The Hall–Kier alpha value is -3.81. The van der Waals surface area contributed by atoms with Gasteiger partial charge in [-0.2, -0.15) is 5.10 Å². The van der Waals surface area contributed by atoms with E-state index in [9.17, 15) is 14.4 Å². The molecule has 2 aromatic carbocycles. The lowest BCUT2D eigenvalue weighted by Crippen LogP contribution is -2.39. The molecule has 42 heavy (non-hydrogen) atoms. The molecule has 2 amide bonds. The van der Waals surface area contributed by atoms with Gasteiger partial charge >= 0.3 is 0 Å². The van der Waals surface area contributed by atoms with Crippen molar-refractivity contribution in [3.8, 4) is 0 Å². The van der Waals surface area contributed by atoms with Crippen LogP contribution in [-0.2, 0) is 4.79 Å². The fourth-order valence-corrected chi connectivity index (χ4v) is 5.28. The van der Waals surface area contributed by atoms with Crippen LogP contribution in [-0.4, -0.2) is 66.6 Å². The van der Waals surface area contributed by atoms with Crippen molar-refractivity contribution in [3.05, 3.63) is 64.7 Å². The average Bonchev–Trinajstić information content (AvgIpc) is 3.80. The number of hydrogen-bond donors (Lipinski definition) is 1. The summed E-state index contributed by atoms with van der Waals surface area (Å²) in [6.45, 7) is 13.2. The molecule has 0 radical (unpaired) electrons. The zero-order chi connectivity index (χ0) is 30.6. The Morgan fingerprint density at radius 1 is 1.12 bits per heavy atom. The Morgan fingerprint density at radius 3 is 2.50 bits per heavy atom. The van der Waals surface area contributed by atoms with E-state index < -0.39 is 0 Å². The molecular formula is C34H47N5O3. The number of hydrogen-bond acceptors (Lipinski definition) is 5. The van der Waals surface area contributed by atoms with Crippen LogP contribution < -0.4 is 5.32 Å². The summed E-state index contributed by atoms with van der Waals surface area (Å²) in [5.74, 6) is 1.24. The van der Waals surface area contributed by atoms with E-state index in [1.165, 1.54) is 0 Å². The van der Waals surface area contributed by atoms with E-state index in [1.54, 1.807) is 36.2 Å². The molecule has 1 N–H and O–H groups in total. The molecule has 0 spiro atoms. The van der Waals surface area contributed by atoms with Crippen LogP contribution in [0.3, 0.4) is 0 Å². The van der Waals surface area contributed by atoms with E-state index in [4.69, 9.17) is 0 Å². The van der Waals surface area contributed by atoms with Crippen LogP contribution >= 0.6 is 0 Å². The van der Waals surface area contributed by atoms with Crippen molar-refractivity contribution < 1.29 is 14.4 Å². The number of amidine groups is 1. The van der Waals surface area contributed by atoms with Gasteiger partial charge in [-0.15, -0.1) is 5.10 Å². The minimum absolute atomic E-state index is 0.0342. The molecular weight excluding hydrogens is 526 g/mol. The van der Waals surface area contributed by atoms with Crippen molar-refractivity contribution in [1.29, 1.82) is 0 Å². The minimum Gasteiger partial charge on any atom is -0.355 e. The van der Waals surface area contributed by atoms with Crippen LogP contribution in [0.25, 0.3) is 0 Å². The molecule has 8 nitrogen and oxygen atoms in total. The molecule has 1 fully saturated rings. The van der Waals surface area contributed by atoms with Crippen molar-refractivity contribution >= 4 is 36.3 Å². The number of nitrogens with zero attached hydrogens (tertiary/aromatic N) is 4. The summed E-state index contributed by atoms with van der Waals surface area (Å²) in [7, 11) is 1.75. The molecule has 0 aromatic heterocycles. The fraction of sp³-hybridized carbons (Fsp3) is 0.500. The number of nitrogens with one attached hydrogen (secondary N) is 1. The molecule has 0 heterocycles. The van der Waals surface area contributed by atoms with Gasteiger partial charge < -0.3 is 15.1 Å². The highest BCUT2D eigenvalue weighted by Crippen LogP contribution is 2.31. The summed E-state index contributed by atoms with van der Waals surface area (Å²) in [5.41, 5.74) is 3.74. The lowest BCUT2D eigenvalue weighted by atomic mass is 9.98. The molecule has 1 saturated carbocycles. The van der Waals surface area contributed by atoms with Gasteiger partial charge in [0, 0.05) is 57.0 Å². The van der Waals surface area contributed by atoms with Gasteiger partial charge in [0.1, 0.15) is 5.84 Å². The Morgan fingerprint density at radius 2 is 1.86 bits per heavy atom. The highest BCUT2D eigenvalue weighted by atomic mass is 16.2. The number of carbonyl (C=O) groups excluding carboxylic acids is 3. The van der Waals surface area contributed by atoms with E-state index in [2.05, 4.69) is 47.1 Å². The second kappa shape index (κ2) is 16.0. The summed E-state index contributed by atoms with van der Waals surface area (Å²) in [6.07, 6.45) is 6.75. The molecule has 3 rings (SSSR count). The van der Waals surface area contributed by atoms with Gasteiger partial charge in [-0.1, -0.05) is 56.2 Å². The average molecular weight is 574 g/mol. The first kappa shape index (κ1) is 32.7. The number of aldehydes is 1. The molecule has 1 unspecified atom stereocenters. The first-order valence-corrected chi connectivity index (χ1v) is 15.1. The Balaban J connectivity index is 1.78. The summed E-state index contributed by atoms with van der Waals surface area (Å²) >= 11 is 0. The first-order valence-electron chi connectivity index (χ1n) is 15.1. The predicted molar refractivity (Wildman–Crippen MR) is 171 cm³/mol. The van der Waals surface area contributed by atoms with Crippen LogP contribution in [0.15, 0.2) is 52.7 Å². The minimum atomic E-state index is -0.206. The van der Waals surface area contributed by atoms with Crippen molar-refractivity contribution in [2.75, 3.05) is 25.5 Å². The lowest BCUT2D eigenvalue weighted by Gasteiger charge is -2.31. The quantitative estimate of drug-likeness (QED) is 0.107. The van der Waals surface area contributed by atoms with Gasteiger partial charge in [-0.3, -0.25) is 14.4 Å². The summed E-state index contributed by atoms with van der Waals surface area (Å²) in [4.78, 5) is 42.0. The predicted octanol–water partition coefficient (Wildman–Crippen LogP) is 6.53. The smallest absolute Gasteiger partial charge is 0.254 e. The molecule has 1 aliphatic rings. The zero-order valence-electron chi connectivity index (χ0n) is 25.9. The summed E-state index contributed by atoms with van der Waals surface area (Å²) in [5, 5.41) is 11.4. The van der Waals surface area contributed by atoms with Crippen LogP contribution in [0.4, 0.5) is 5.69 Å². The molecule has 8 heteroatoms. The molecule has 1 atom stereocenters. The second-order valence-electron chi connectivity index (χ2n) is 12.0. The van der Waals surface area contributed by atoms with Crippen LogP contribution in [0.5, 0.6) is 0 Å². The number of carbonyl (C=O) groups is 3. The highest BCUT2D eigenvalue weighted by molar-refractivity contribution is 6.01. The van der Waals surface area contributed by atoms with Crippen LogP contribution in [0.2, 0.25) is 0 Å². The second-order valence-corrected chi connectivity index (χ2v) is 12.0. The topological polar surface area (TPSA) is 94.4 Å². The van der Waals surface area contributed by atoms with Gasteiger partial charge in [0.05, 0.1) is 5.56 Å². The van der Waals surface area contributed by atoms with Gasteiger partial charge in [-0.25, -0.2) is 0 Å². The summed E-state index contributed by atoms with van der Waals surface area (Å²) < 4.78 is 0. The molecule has 0 saturated heterocycles. The third-order valence-electron chi connectivity index (χ3n) is 7.81. The molecule has 0 bridgehead atoms. The Bertz CT molecular complexity index is 1270. The molecule has 2 aromatic rings. The van der Waals surface area contributed by atoms with Gasteiger partial charge in [0.15, 0.2) is 6.29 Å². The van der Waals surface area contributed by atoms with Crippen molar-refractivity contribution in [3.63, 3.8) is 0 Å². The normalized spacial score (nSPS) is 13.9. The third kappa shape index (κ3) is 9.93.